The summed E-state index contributed by atoms with van der Waals surface area (Å²) in [6.45, 7) is 9.51. The summed E-state index contributed by atoms with van der Waals surface area (Å²) in [6.07, 6.45) is 0.387. The molecule has 0 spiro atoms. The Bertz CT molecular complexity index is 1350. The summed E-state index contributed by atoms with van der Waals surface area (Å²) in [6, 6.07) is 20.6. The molecule has 0 heterocycles. The van der Waals surface area contributed by atoms with Crippen LogP contribution in [0.4, 0.5) is 5.69 Å². The van der Waals surface area contributed by atoms with Crippen molar-refractivity contribution in [2.24, 2.45) is 0 Å². The highest BCUT2D eigenvalue weighted by Gasteiger charge is 2.34. The molecule has 0 aliphatic heterocycles. The molecule has 3 aromatic rings. The summed E-state index contributed by atoms with van der Waals surface area (Å²) >= 11 is 0. The fourth-order valence-corrected chi connectivity index (χ4v) is 5.77. The molecule has 0 saturated carbocycles. The van der Waals surface area contributed by atoms with Gasteiger partial charge in [0.1, 0.15) is 12.6 Å². The van der Waals surface area contributed by atoms with E-state index in [1.54, 1.807) is 36.4 Å². The number of sulfonamides is 1. The highest BCUT2D eigenvalue weighted by atomic mass is 32.2. The maximum absolute atomic E-state index is 14.0. The number of anilines is 1. The standard InChI is InChI=1S/C30H37N3O4S/c1-6-27(30(35)31-7-2)32(20-25-16-12-22(3)13-17-25)29(34)21-33(28-11-9-8-10-24(28)5)38(36,37)26-18-14-23(4)15-19-26/h8-19,27H,6-7,20-21H2,1-5H3,(H,31,35). The summed E-state index contributed by atoms with van der Waals surface area (Å²) in [5.74, 6) is -0.720. The van der Waals surface area contributed by atoms with Crippen molar-refractivity contribution >= 4 is 27.5 Å². The van der Waals surface area contributed by atoms with Crippen LogP contribution in [0.2, 0.25) is 0 Å². The molecule has 3 aromatic carbocycles. The molecule has 1 N–H and O–H groups in total. The first-order valence-corrected chi connectivity index (χ1v) is 14.3. The third kappa shape index (κ3) is 6.81. The Morgan fingerprint density at radius 2 is 1.42 bits per heavy atom. The number of para-hydroxylation sites is 1. The van der Waals surface area contributed by atoms with Crippen molar-refractivity contribution in [3.63, 3.8) is 0 Å². The van der Waals surface area contributed by atoms with E-state index in [-0.39, 0.29) is 17.3 Å². The summed E-state index contributed by atoms with van der Waals surface area (Å²) < 4.78 is 29.0. The van der Waals surface area contributed by atoms with Gasteiger partial charge < -0.3 is 10.2 Å². The molecule has 0 aliphatic carbocycles. The Kier molecular flexibility index (Phi) is 9.69. The molecule has 0 bridgehead atoms. The maximum Gasteiger partial charge on any atom is 0.264 e. The summed E-state index contributed by atoms with van der Waals surface area (Å²) in [4.78, 5) is 28.6. The predicted molar refractivity (Wildman–Crippen MR) is 151 cm³/mol. The number of hydrogen-bond donors (Lipinski definition) is 1. The predicted octanol–water partition coefficient (Wildman–Crippen LogP) is 4.75. The van der Waals surface area contributed by atoms with Gasteiger partial charge in [0.2, 0.25) is 11.8 Å². The lowest BCUT2D eigenvalue weighted by atomic mass is 10.1. The van der Waals surface area contributed by atoms with Gasteiger partial charge >= 0.3 is 0 Å². The maximum atomic E-state index is 14.0. The van der Waals surface area contributed by atoms with E-state index in [4.69, 9.17) is 0 Å². The molecule has 1 unspecified atom stereocenters. The molecule has 7 nitrogen and oxygen atoms in total. The van der Waals surface area contributed by atoms with E-state index in [0.29, 0.717) is 18.7 Å². The number of carbonyl (C=O) groups is 2. The Hall–Kier alpha value is -3.65. The Morgan fingerprint density at radius 3 is 1.97 bits per heavy atom. The number of nitrogens with one attached hydrogen (secondary N) is 1. The molecule has 8 heteroatoms. The molecule has 0 radical (unpaired) electrons. The van der Waals surface area contributed by atoms with Crippen LogP contribution in [-0.4, -0.2) is 44.3 Å². The van der Waals surface area contributed by atoms with Crippen LogP contribution in [0, 0.1) is 20.8 Å². The minimum atomic E-state index is -4.08. The van der Waals surface area contributed by atoms with Gasteiger partial charge in [0.25, 0.3) is 10.0 Å². The minimum Gasteiger partial charge on any atom is -0.355 e. The smallest absolute Gasteiger partial charge is 0.264 e. The SMILES string of the molecule is CCNC(=O)C(CC)N(Cc1ccc(C)cc1)C(=O)CN(c1ccccc1C)S(=O)(=O)c1ccc(C)cc1. The Morgan fingerprint density at radius 1 is 0.842 bits per heavy atom. The average Bonchev–Trinajstić information content (AvgIpc) is 2.89. The molecule has 38 heavy (non-hydrogen) atoms. The molecule has 202 valence electrons. The normalized spacial score (nSPS) is 12.0. The lowest BCUT2D eigenvalue weighted by molar-refractivity contribution is -0.140. The van der Waals surface area contributed by atoms with E-state index < -0.39 is 28.5 Å². The first-order chi connectivity index (χ1) is 18.1. The number of likely N-dealkylation sites (N-methyl/N-ethyl adjacent to an activating group) is 1. The van der Waals surface area contributed by atoms with Crippen molar-refractivity contribution in [1.29, 1.82) is 0 Å². The number of rotatable bonds is 11. The van der Waals surface area contributed by atoms with Gasteiger partial charge in [0.15, 0.2) is 0 Å². The zero-order valence-electron chi connectivity index (χ0n) is 22.8. The van der Waals surface area contributed by atoms with Crippen molar-refractivity contribution in [2.75, 3.05) is 17.4 Å². The number of nitrogens with zero attached hydrogens (tertiary/aromatic N) is 2. The zero-order chi connectivity index (χ0) is 27.9. The number of hydrogen-bond acceptors (Lipinski definition) is 4. The van der Waals surface area contributed by atoms with E-state index in [1.807, 2.05) is 71.0 Å². The average molecular weight is 536 g/mol. The monoisotopic (exact) mass is 535 g/mol. The zero-order valence-corrected chi connectivity index (χ0v) is 23.6. The lowest BCUT2D eigenvalue weighted by Crippen LogP contribution is -2.52. The summed E-state index contributed by atoms with van der Waals surface area (Å²) in [7, 11) is -4.08. The second-order valence-corrected chi connectivity index (χ2v) is 11.3. The van der Waals surface area contributed by atoms with Gasteiger partial charge in [-0.25, -0.2) is 8.42 Å². The topological polar surface area (TPSA) is 86.8 Å². The van der Waals surface area contributed by atoms with Crippen LogP contribution in [-0.2, 0) is 26.2 Å². The number of carbonyl (C=O) groups excluding carboxylic acids is 2. The molecule has 0 aliphatic rings. The van der Waals surface area contributed by atoms with E-state index in [2.05, 4.69) is 5.32 Å². The van der Waals surface area contributed by atoms with E-state index >= 15 is 0 Å². The second-order valence-electron chi connectivity index (χ2n) is 9.44. The molecule has 0 fully saturated rings. The molecule has 2 amide bonds. The highest BCUT2D eigenvalue weighted by molar-refractivity contribution is 7.92. The summed E-state index contributed by atoms with van der Waals surface area (Å²) in [5.41, 5.74) is 4.01. The number of benzene rings is 3. The van der Waals surface area contributed by atoms with Crippen LogP contribution in [0.15, 0.2) is 77.7 Å². The molecule has 1 atom stereocenters. The van der Waals surface area contributed by atoms with Gasteiger partial charge in [-0.2, -0.15) is 0 Å². The van der Waals surface area contributed by atoms with Crippen LogP contribution in [0.3, 0.4) is 0 Å². The largest absolute Gasteiger partial charge is 0.355 e. The van der Waals surface area contributed by atoms with Crippen LogP contribution >= 0.6 is 0 Å². The van der Waals surface area contributed by atoms with Crippen LogP contribution < -0.4 is 9.62 Å². The Balaban J connectivity index is 2.06. The van der Waals surface area contributed by atoms with E-state index in [0.717, 1.165) is 26.6 Å². The van der Waals surface area contributed by atoms with Crippen LogP contribution in [0.5, 0.6) is 0 Å². The third-order valence-corrected chi connectivity index (χ3v) is 8.26. The van der Waals surface area contributed by atoms with Gasteiger partial charge in [-0.3, -0.25) is 13.9 Å². The minimum absolute atomic E-state index is 0.0972. The lowest BCUT2D eigenvalue weighted by Gasteiger charge is -2.33. The highest BCUT2D eigenvalue weighted by Crippen LogP contribution is 2.27. The van der Waals surface area contributed by atoms with E-state index in [1.165, 1.54) is 4.90 Å². The first-order valence-electron chi connectivity index (χ1n) is 12.9. The van der Waals surface area contributed by atoms with Crippen molar-refractivity contribution in [1.82, 2.24) is 10.2 Å². The number of aryl methyl sites for hydroxylation is 3. The van der Waals surface area contributed by atoms with Gasteiger partial charge in [-0.15, -0.1) is 0 Å². The van der Waals surface area contributed by atoms with Crippen molar-refractivity contribution in [3.8, 4) is 0 Å². The molecular formula is C30H37N3O4S. The van der Waals surface area contributed by atoms with Crippen molar-refractivity contribution in [2.45, 2.75) is 58.5 Å². The fourth-order valence-electron chi connectivity index (χ4n) is 4.30. The van der Waals surface area contributed by atoms with Crippen molar-refractivity contribution in [3.05, 3.63) is 95.1 Å². The molecule has 3 rings (SSSR count). The van der Waals surface area contributed by atoms with Crippen molar-refractivity contribution < 1.29 is 18.0 Å². The molecule has 0 aromatic heterocycles. The second kappa shape index (κ2) is 12.7. The number of amides is 2. The van der Waals surface area contributed by atoms with Gasteiger partial charge in [0.05, 0.1) is 10.6 Å². The first kappa shape index (κ1) is 28.9. The van der Waals surface area contributed by atoms with E-state index in [9.17, 15) is 18.0 Å². The van der Waals surface area contributed by atoms with Crippen LogP contribution in [0.1, 0.15) is 42.5 Å². The fraction of sp³-hybridized carbons (Fsp3) is 0.333. The Labute approximate surface area is 226 Å². The third-order valence-electron chi connectivity index (χ3n) is 6.48. The molecular weight excluding hydrogens is 498 g/mol. The quantitative estimate of drug-likeness (QED) is 0.384. The van der Waals surface area contributed by atoms with Gasteiger partial charge in [0, 0.05) is 13.1 Å². The van der Waals surface area contributed by atoms with Gasteiger partial charge in [-0.1, -0.05) is 72.6 Å². The van der Waals surface area contributed by atoms with Gasteiger partial charge in [-0.05, 0) is 63.4 Å². The molecule has 0 saturated heterocycles. The summed E-state index contributed by atoms with van der Waals surface area (Å²) in [5, 5.41) is 2.82. The van der Waals surface area contributed by atoms with Crippen LogP contribution in [0.25, 0.3) is 0 Å².